The van der Waals surface area contributed by atoms with Crippen LogP contribution in [0.15, 0.2) is 24.3 Å². The molecular weight excluding hydrogens is 348 g/mol. The molecule has 0 aliphatic rings. The number of benzene rings is 1. The Hall–Kier alpha value is -2.98. The van der Waals surface area contributed by atoms with Gasteiger partial charge in [0.05, 0.1) is 13.2 Å². The van der Waals surface area contributed by atoms with Crippen molar-refractivity contribution < 1.29 is 38.1 Å². The summed E-state index contributed by atoms with van der Waals surface area (Å²) in [5.74, 6) is -3.98. The first-order valence-electron chi connectivity index (χ1n) is 7.52. The Labute approximate surface area is 149 Å². The van der Waals surface area contributed by atoms with Gasteiger partial charge in [0, 0.05) is 25.6 Å². The minimum absolute atomic E-state index is 0.0335. The molecule has 0 aliphatic heterocycles. The van der Waals surface area contributed by atoms with E-state index in [0.29, 0.717) is 11.4 Å². The Morgan fingerprint density at radius 2 is 1.04 bits per heavy atom. The molecule has 0 saturated carbocycles. The molecule has 1 aromatic rings. The van der Waals surface area contributed by atoms with Gasteiger partial charge in [-0.2, -0.15) is 0 Å². The summed E-state index contributed by atoms with van der Waals surface area (Å²) in [7, 11) is 2.88. The lowest BCUT2D eigenvalue weighted by molar-refractivity contribution is -0.153. The predicted molar refractivity (Wildman–Crippen MR) is 89.4 cm³/mol. The second-order valence-corrected chi connectivity index (χ2v) is 4.74. The Morgan fingerprint density at radius 1 is 0.692 bits per heavy atom. The van der Waals surface area contributed by atoms with Crippen LogP contribution in [0.3, 0.4) is 0 Å². The highest BCUT2D eigenvalue weighted by atomic mass is 16.6. The van der Waals surface area contributed by atoms with Crippen molar-refractivity contribution in [3.8, 4) is 0 Å². The van der Waals surface area contributed by atoms with Crippen molar-refractivity contribution in [2.24, 2.45) is 0 Å². The number of rotatable bonds is 8. The summed E-state index contributed by atoms with van der Waals surface area (Å²) < 4.78 is 18.7. The van der Waals surface area contributed by atoms with Crippen LogP contribution in [-0.2, 0) is 38.1 Å². The fraction of sp³-hybridized carbons (Fsp3) is 0.375. The van der Waals surface area contributed by atoms with Crippen LogP contribution in [0.5, 0.6) is 0 Å². The third-order valence-corrected chi connectivity index (χ3v) is 2.81. The van der Waals surface area contributed by atoms with Gasteiger partial charge in [-0.25, -0.2) is 9.59 Å². The number of nitrogens with one attached hydrogen (secondary N) is 2. The van der Waals surface area contributed by atoms with Gasteiger partial charge >= 0.3 is 23.8 Å². The van der Waals surface area contributed by atoms with Crippen LogP contribution in [0.25, 0.3) is 0 Å². The van der Waals surface area contributed by atoms with Crippen molar-refractivity contribution in [3.05, 3.63) is 24.3 Å². The Morgan fingerprint density at radius 3 is 1.35 bits per heavy atom. The van der Waals surface area contributed by atoms with Crippen LogP contribution in [0.1, 0.15) is 0 Å². The minimum Gasteiger partial charge on any atom is -0.456 e. The summed E-state index contributed by atoms with van der Waals surface area (Å²) >= 11 is 0. The highest BCUT2D eigenvalue weighted by Gasteiger charge is 2.17. The van der Waals surface area contributed by atoms with E-state index in [4.69, 9.17) is 9.47 Å². The third-order valence-electron chi connectivity index (χ3n) is 2.81. The van der Waals surface area contributed by atoms with Gasteiger partial charge in [0.15, 0.2) is 0 Å². The maximum atomic E-state index is 11.6. The van der Waals surface area contributed by atoms with Crippen molar-refractivity contribution in [1.29, 1.82) is 0 Å². The van der Waals surface area contributed by atoms with Gasteiger partial charge in [-0.15, -0.1) is 0 Å². The van der Waals surface area contributed by atoms with Crippen LogP contribution >= 0.6 is 0 Å². The van der Waals surface area contributed by atoms with Gasteiger partial charge in [0.25, 0.3) is 0 Å². The Balaban J connectivity index is 2.47. The molecule has 0 heterocycles. The SMILES string of the molecule is COCCOC(=O)C(=O)Nc1ccc(NC(=O)C(=O)OCCOC)cc1. The molecule has 1 aromatic carbocycles. The molecule has 10 nitrogen and oxygen atoms in total. The molecule has 2 N–H and O–H groups in total. The molecule has 0 fully saturated rings. The number of methoxy groups -OCH3 is 2. The fourth-order valence-electron chi connectivity index (χ4n) is 1.57. The normalized spacial score (nSPS) is 9.92. The zero-order valence-electron chi connectivity index (χ0n) is 14.4. The van der Waals surface area contributed by atoms with E-state index >= 15 is 0 Å². The molecule has 0 unspecified atom stereocenters. The second-order valence-electron chi connectivity index (χ2n) is 4.74. The summed E-state index contributed by atoms with van der Waals surface area (Å²) in [5.41, 5.74) is 0.610. The lowest BCUT2D eigenvalue weighted by atomic mass is 10.2. The van der Waals surface area contributed by atoms with Crippen LogP contribution in [-0.4, -0.2) is 64.4 Å². The number of carbonyl (C=O) groups excluding carboxylic acids is 4. The van der Waals surface area contributed by atoms with Crippen molar-refractivity contribution in [1.82, 2.24) is 0 Å². The maximum absolute atomic E-state index is 11.6. The van der Waals surface area contributed by atoms with Crippen LogP contribution < -0.4 is 10.6 Å². The summed E-state index contributed by atoms with van der Waals surface area (Å²) in [5, 5.41) is 4.67. The van der Waals surface area contributed by atoms with E-state index in [-0.39, 0.29) is 26.4 Å². The van der Waals surface area contributed by atoms with E-state index < -0.39 is 23.8 Å². The van der Waals surface area contributed by atoms with Crippen molar-refractivity contribution >= 4 is 35.1 Å². The standard InChI is InChI=1S/C16H20N2O8/c1-23-7-9-25-15(21)13(19)17-11-3-5-12(6-4-11)18-14(20)16(22)26-10-8-24-2/h3-6H,7-10H2,1-2H3,(H,17,19)(H,18,20). The largest absolute Gasteiger partial charge is 0.456 e. The topological polar surface area (TPSA) is 129 Å². The first kappa shape index (κ1) is 21.1. The number of carbonyl (C=O) groups is 4. The van der Waals surface area contributed by atoms with Crippen molar-refractivity contribution in [2.75, 3.05) is 51.3 Å². The molecule has 142 valence electrons. The van der Waals surface area contributed by atoms with Crippen LogP contribution in [0, 0.1) is 0 Å². The van der Waals surface area contributed by atoms with Crippen molar-refractivity contribution in [3.63, 3.8) is 0 Å². The molecule has 0 aliphatic carbocycles. The summed E-state index contributed by atoms with van der Waals surface area (Å²) in [4.78, 5) is 46.1. The molecule has 0 radical (unpaired) electrons. The zero-order chi connectivity index (χ0) is 19.4. The summed E-state index contributed by atoms with van der Waals surface area (Å²) in [6.07, 6.45) is 0. The lowest BCUT2D eigenvalue weighted by Gasteiger charge is -2.08. The number of esters is 2. The number of hydrogen-bond acceptors (Lipinski definition) is 8. The number of anilines is 2. The average Bonchev–Trinajstić information content (AvgIpc) is 2.63. The molecule has 0 saturated heterocycles. The van der Waals surface area contributed by atoms with E-state index in [0.717, 1.165) is 0 Å². The Kier molecular flexibility index (Phi) is 9.36. The number of hydrogen-bond donors (Lipinski definition) is 2. The van der Waals surface area contributed by atoms with Gasteiger partial charge in [-0.1, -0.05) is 0 Å². The molecule has 10 heteroatoms. The van der Waals surface area contributed by atoms with E-state index in [1.54, 1.807) is 0 Å². The zero-order valence-corrected chi connectivity index (χ0v) is 14.4. The molecular formula is C16H20N2O8. The lowest BCUT2D eigenvalue weighted by Crippen LogP contribution is -2.26. The summed E-state index contributed by atoms with van der Waals surface area (Å²) in [6, 6.07) is 5.75. The highest BCUT2D eigenvalue weighted by molar-refractivity contribution is 6.38. The average molecular weight is 368 g/mol. The highest BCUT2D eigenvalue weighted by Crippen LogP contribution is 2.13. The van der Waals surface area contributed by atoms with E-state index in [1.165, 1.54) is 38.5 Å². The molecule has 2 amide bonds. The number of amides is 2. The van der Waals surface area contributed by atoms with E-state index in [1.807, 2.05) is 0 Å². The van der Waals surface area contributed by atoms with Gasteiger partial charge < -0.3 is 29.6 Å². The van der Waals surface area contributed by atoms with Crippen LogP contribution in [0.2, 0.25) is 0 Å². The molecule has 0 bridgehead atoms. The smallest absolute Gasteiger partial charge is 0.397 e. The molecule has 0 aromatic heterocycles. The molecule has 0 atom stereocenters. The monoisotopic (exact) mass is 368 g/mol. The third kappa shape index (κ3) is 7.73. The molecule has 26 heavy (non-hydrogen) atoms. The van der Waals surface area contributed by atoms with Gasteiger partial charge in [-0.3, -0.25) is 9.59 Å². The van der Waals surface area contributed by atoms with Gasteiger partial charge in [0.2, 0.25) is 0 Å². The summed E-state index contributed by atoms with van der Waals surface area (Å²) in [6.45, 7) is 0.297. The molecule has 0 spiro atoms. The predicted octanol–water partition coefficient (Wildman–Crippen LogP) is -0.0572. The first-order chi connectivity index (χ1) is 12.5. The van der Waals surface area contributed by atoms with Crippen molar-refractivity contribution in [2.45, 2.75) is 0 Å². The van der Waals surface area contributed by atoms with Gasteiger partial charge in [-0.05, 0) is 24.3 Å². The van der Waals surface area contributed by atoms with E-state index in [9.17, 15) is 19.2 Å². The van der Waals surface area contributed by atoms with Gasteiger partial charge in [0.1, 0.15) is 13.2 Å². The minimum atomic E-state index is -1.04. The van der Waals surface area contributed by atoms with E-state index in [2.05, 4.69) is 20.1 Å². The fourth-order valence-corrected chi connectivity index (χ4v) is 1.57. The maximum Gasteiger partial charge on any atom is 0.397 e. The number of ether oxygens (including phenoxy) is 4. The van der Waals surface area contributed by atoms with Crippen LogP contribution in [0.4, 0.5) is 11.4 Å². The quantitative estimate of drug-likeness (QED) is 0.371. The molecule has 1 rings (SSSR count). The first-order valence-corrected chi connectivity index (χ1v) is 7.52. The Bertz CT molecular complexity index is 575. The second kappa shape index (κ2) is 11.6.